The van der Waals surface area contributed by atoms with Crippen molar-refractivity contribution >= 4 is 22.8 Å². The van der Waals surface area contributed by atoms with Gasteiger partial charge in [0.15, 0.2) is 5.65 Å². The molecule has 102 valence electrons. The van der Waals surface area contributed by atoms with Crippen LogP contribution in [0.2, 0.25) is 0 Å². The Kier molecular flexibility index (Phi) is 3.20. The van der Waals surface area contributed by atoms with Crippen molar-refractivity contribution in [1.82, 2.24) is 20.2 Å². The first-order chi connectivity index (χ1) is 9.33. The van der Waals surface area contributed by atoms with Crippen molar-refractivity contribution in [1.29, 1.82) is 0 Å². The fourth-order valence-electron chi connectivity index (χ4n) is 2.58. The maximum atomic E-state index is 9.47. The van der Waals surface area contributed by atoms with E-state index in [9.17, 15) is 5.11 Å². The fraction of sp³-hybridized carbons (Fsp3) is 0.583. The summed E-state index contributed by atoms with van der Waals surface area (Å²) in [5, 5.41) is 20.4. The number of hydrogen-bond acceptors (Lipinski definition) is 6. The quantitative estimate of drug-likeness (QED) is 0.753. The molecule has 1 unspecified atom stereocenters. The van der Waals surface area contributed by atoms with E-state index in [4.69, 9.17) is 0 Å². The van der Waals surface area contributed by atoms with Gasteiger partial charge in [0.1, 0.15) is 5.82 Å². The topological polar surface area (TPSA) is 90.0 Å². The van der Waals surface area contributed by atoms with E-state index in [2.05, 4.69) is 30.4 Å². The van der Waals surface area contributed by atoms with E-state index in [1.54, 1.807) is 6.20 Å². The molecule has 1 saturated heterocycles. The maximum Gasteiger partial charge on any atom is 0.226 e. The first-order valence-corrected chi connectivity index (χ1v) is 6.66. The largest absolute Gasteiger partial charge is 0.394 e. The summed E-state index contributed by atoms with van der Waals surface area (Å²) in [6.07, 6.45) is 3.81. The molecular weight excluding hydrogens is 244 g/mol. The van der Waals surface area contributed by atoms with Crippen LogP contribution >= 0.6 is 0 Å². The van der Waals surface area contributed by atoms with Gasteiger partial charge in [-0.15, -0.1) is 0 Å². The lowest BCUT2D eigenvalue weighted by atomic mass is 10.2. The average Bonchev–Trinajstić information content (AvgIpc) is 3.06. The van der Waals surface area contributed by atoms with Gasteiger partial charge in [-0.2, -0.15) is 15.1 Å². The van der Waals surface area contributed by atoms with Gasteiger partial charge in [0.25, 0.3) is 0 Å². The number of hydrogen-bond donors (Lipinski definition) is 3. The van der Waals surface area contributed by atoms with Crippen LogP contribution in [0.15, 0.2) is 6.20 Å². The van der Waals surface area contributed by atoms with Crippen molar-refractivity contribution in [3.05, 3.63) is 6.20 Å². The molecule has 3 N–H and O–H groups in total. The predicted octanol–water partition coefficient (Wildman–Crippen LogP) is 0.746. The molecule has 2 aromatic heterocycles. The molecule has 0 aliphatic carbocycles. The van der Waals surface area contributed by atoms with E-state index in [0.29, 0.717) is 5.95 Å². The zero-order valence-electron chi connectivity index (χ0n) is 10.9. The van der Waals surface area contributed by atoms with E-state index in [-0.39, 0.29) is 12.6 Å². The Morgan fingerprint density at radius 2 is 2.42 bits per heavy atom. The van der Waals surface area contributed by atoms with E-state index < -0.39 is 0 Å². The normalized spacial score (nSPS) is 19.3. The SMILES string of the molecule is CCNc1nc(N2CCCC2CO)c2cn[nH]c2n1. The third-order valence-corrected chi connectivity index (χ3v) is 3.48. The van der Waals surface area contributed by atoms with Crippen molar-refractivity contribution in [2.24, 2.45) is 0 Å². The van der Waals surface area contributed by atoms with Crippen LogP contribution in [0.5, 0.6) is 0 Å². The molecule has 2 aromatic rings. The molecular formula is C12H18N6O. The van der Waals surface area contributed by atoms with Gasteiger partial charge in [0, 0.05) is 13.1 Å². The molecule has 0 spiro atoms. The third-order valence-electron chi connectivity index (χ3n) is 3.48. The minimum atomic E-state index is 0.141. The Morgan fingerprint density at radius 3 is 3.21 bits per heavy atom. The molecule has 1 aliphatic rings. The highest BCUT2D eigenvalue weighted by atomic mass is 16.3. The molecule has 7 heteroatoms. The molecule has 0 amide bonds. The minimum absolute atomic E-state index is 0.141. The number of anilines is 2. The molecule has 0 radical (unpaired) electrons. The number of aliphatic hydroxyl groups is 1. The number of fused-ring (bicyclic) bond motifs is 1. The Morgan fingerprint density at radius 1 is 1.53 bits per heavy atom. The second-order valence-corrected chi connectivity index (χ2v) is 4.71. The minimum Gasteiger partial charge on any atom is -0.394 e. The van der Waals surface area contributed by atoms with Crippen LogP contribution in [0.25, 0.3) is 11.0 Å². The molecule has 1 atom stereocenters. The highest BCUT2D eigenvalue weighted by molar-refractivity contribution is 5.87. The van der Waals surface area contributed by atoms with Gasteiger partial charge in [-0.1, -0.05) is 0 Å². The molecule has 7 nitrogen and oxygen atoms in total. The monoisotopic (exact) mass is 262 g/mol. The standard InChI is InChI=1S/C12H18N6O/c1-2-13-12-15-10-9(6-14-17-10)11(16-12)18-5-3-4-8(18)7-19/h6,8,19H,2-5,7H2,1H3,(H2,13,14,15,16,17). The van der Waals surface area contributed by atoms with Gasteiger partial charge in [0.05, 0.1) is 24.2 Å². The number of aliphatic hydroxyl groups excluding tert-OH is 1. The first-order valence-electron chi connectivity index (χ1n) is 6.66. The number of aromatic amines is 1. The van der Waals surface area contributed by atoms with Crippen LogP contribution in [-0.4, -0.2) is 51.0 Å². The Balaban J connectivity index is 2.07. The van der Waals surface area contributed by atoms with Gasteiger partial charge < -0.3 is 15.3 Å². The maximum absolute atomic E-state index is 9.47. The molecule has 3 rings (SSSR count). The van der Waals surface area contributed by atoms with Gasteiger partial charge in [-0.25, -0.2) is 0 Å². The van der Waals surface area contributed by atoms with Gasteiger partial charge in [-0.05, 0) is 19.8 Å². The summed E-state index contributed by atoms with van der Waals surface area (Å²) in [6.45, 7) is 3.84. The van der Waals surface area contributed by atoms with Crippen molar-refractivity contribution in [3.63, 3.8) is 0 Å². The molecule has 0 bridgehead atoms. The zero-order valence-corrected chi connectivity index (χ0v) is 10.9. The predicted molar refractivity (Wildman–Crippen MR) is 73.3 cm³/mol. The van der Waals surface area contributed by atoms with E-state index in [0.717, 1.165) is 42.8 Å². The summed E-state index contributed by atoms with van der Waals surface area (Å²) in [5.74, 6) is 1.45. The van der Waals surface area contributed by atoms with Gasteiger partial charge in [-0.3, -0.25) is 5.10 Å². The summed E-state index contributed by atoms with van der Waals surface area (Å²) in [4.78, 5) is 11.1. The lowest BCUT2D eigenvalue weighted by Crippen LogP contribution is -2.33. The second-order valence-electron chi connectivity index (χ2n) is 4.71. The van der Waals surface area contributed by atoms with E-state index in [1.807, 2.05) is 6.92 Å². The Bertz CT molecular complexity index is 568. The first kappa shape index (κ1) is 12.2. The lowest BCUT2D eigenvalue weighted by Gasteiger charge is -2.24. The fourth-order valence-corrected chi connectivity index (χ4v) is 2.58. The van der Waals surface area contributed by atoms with Crippen LogP contribution < -0.4 is 10.2 Å². The van der Waals surface area contributed by atoms with Crippen LogP contribution in [0.1, 0.15) is 19.8 Å². The molecule has 3 heterocycles. The molecule has 0 saturated carbocycles. The lowest BCUT2D eigenvalue weighted by molar-refractivity contribution is 0.266. The third kappa shape index (κ3) is 2.10. The van der Waals surface area contributed by atoms with Crippen LogP contribution in [0, 0.1) is 0 Å². The highest BCUT2D eigenvalue weighted by Crippen LogP contribution is 2.29. The Hall–Kier alpha value is -1.89. The second kappa shape index (κ2) is 5.00. The van der Waals surface area contributed by atoms with Crippen LogP contribution in [0.4, 0.5) is 11.8 Å². The number of rotatable bonds is 4. The van der Waals surface area contributed by atoms with Crippen molar-refractivity contribution in [2.45, 2.75) is 25.8 Å². The van der Waals surface area contributed by atoms with Crippen molar-refractivity contribution in [2.75, 3.05) is 29.9 Å². The Labute approximate surface area is 111 Å². The summed E-state index contributed by atoms with van der Waals surface area (Å²) in [5.41, 5.74) is 0.726. The number of aromatic nitrogens is 4. The average molecular weight is 262 g/mol. The van der Waals surface area contributed by atoms with E-state index in [1.165, 1.54) is 0 Å². The van der Waals surface area contributed by atoms with Crippen LogP contribution in [0.3, 0.4) is 0 Å². The summed E-state index contributed by atoms with van der Waals surface area (Å²) >= 11 is 0. The molecule has 0 aromatic carbocycles. The van der Waals surface area contributed by atoms with Gasteiger partial charge in [0.2, 0.25) is 5.95 Å². The number of H-pyrrole nitrogens is 1. The summed E-state index contributed by atoms with van der Waals surface area (Å²) in [6, 6.07) is 0.141. The number of nitrogens with one attached hydrogen (secondary N) is 2. The highest BCUT2D eigenvalue weighted by Gasteiger charge is 2.27. The van der Waals surface area contributed by atoms with E-state index >= 15 is 0 Å². The summed E-state index contributed by atoms with van der Waals surface area (Å²) in [7, 11) is 0. The number of nitrogens with zero attached hydrogens (tertiary/aromatic N) is 4. The van der Waals surface area contributed by atoms with Crippen molar-refractivity contribution in [3.8, 4) is 0 Å². The van der Waals surface area contributed by atoms with Gasteiger partial charge >= 0.3 is 0 Å². The molecule has 19 heavy (non-hydrogen) atoms. The van der Waals surface area contributed by atoms with Crippen LogP contribution in [-0.2, 0) is 0 Å². The zero-order chi connectivity index (χ0) is 13.2. The molecule has 1 fully saturated rings. The molecule has 1 aliphatic heterocycles. The smallest absolute Gasteiger partial charge is 0.226 e. The van der Waals surface area contributed by atoms with Crippen molar-refractivity contribution < 1.29 is 5.11 Å². The summed E-state index contributed by atoms with van der Waals surface area (Å²) < 4.78 is 0.